The van der Waals surface area contributed by atoms with E-state index in [1.807, 2.05) is 31.2 Å². The Kier molecular flexibility index (Phi) is 4.37. The lowest BCUT2D eigenvalue weighted by Crippen LogP contribution is -2.27. The molecule has 0 unspecified atom stereocenters. The quantitative estimate of drug-likeness (QED) is 0.738. The number of methoxy groups -OCH3 is 1. The van der Waals surface area contributed by atoms with Gasteiger partial charge in [0.05, 0.1) is 48.3 Å². The standard InChI is InChI=1S/C18H18N4O2/c1-12-8-14(17(24-3)10-19-12)18(23)22(2)11-13-9-20-15-6-4-5-7-16(15)21-13/h4-10H,11H2,1-3H3. The van der Waals surface area contributed by atoms with Crippen LogP contribution in [0.25, 0.3) is 11.0 Å². The molecule has 0 spiro atoms. The molecular weight excluding hydrogens is 304 g/mol. The van der Waals surface area contributed by atoms with E-state index < -0.39 is 0 Å². The number of nitrogens with zero attached hydrogens (tertiary/aromatic N) is 4. The molecule has 2 aromatic heterocycles. The monoisotopic (exact) mass is 322 g/mol. The first-order valence-electron chi connectivity index (χ1n) is 7.55. The highest BCUT2D eigenvalue weighted by Gasteiger charge is 2.18. The third kappa shape index (κ3) is 3.17. The topological polar surface area (TPSA) is 68.2 Å². The van der Waals surface area contributed by atoms with Crippen molar-refractivity contribution in [1.29, 1.82) is 0 Å². The van der Waals surface area contributed by atoms with Crippen molar-refractivity contribution < 1.29 is 9.53 Å². The van der Waals surface area contributed by atoms with Gasteiger partial charge in [0.2, 0.25) is 0 Å². The first kappa shape index (κ1) is 15.9. The summed E-state index contributed by atoms with van der Waals surface area (Å²) in [6, 6.07) is 9.38. The van der Waals surface area contributed by atoms with Crippen LogP contribution in [0.2, 0.25) is 0 Å². The Morgan fingerprint density at radius 1 is 1.17 bits per heavy atom. The molecule has 0 aliphatic carbocycles. The fraction of sp³-hybridized carbons (Fsp3) is 0.222. The molecule has 0 atom stereocenters. The maximum absolute atomic E-state index is 12.7. The second kappa shape index (κ2) is 6.62. The zero-order valence-corrected chi connectivity index (χ0v) is 13.9. The Labute approximate surface area is 140 Å². The van der Waals surface area contributed by atoms with Crippen LogP contribution in [0.3, 0.4) is 0 Å². The molecule has 6 nitrogen and oxygen atoms in total. The number of benzene rings is 1. The summed E-state index contributed by atoms with van der Waals surface area (Å²) in [6.45, 7) is 2.20. The van der Waals surface area contributed by atoms with Gasteiger partial charge in [0.1, 0.15) is 5.75 Å². The summed E-state index contributed by atoms with van der Waals surface area (Å²) in [5.41, 5.74) is 3.63. The van der Waals surface area contributed by atoms with E-state index in [-0.39, 0.29) is 5.91 Å². The number of hydrogen-bond donors (Lipinski definition) is 0. The highest BCUT2D eigenvalue weighted by atomic mass is 16.5. The van der Waals surface area contributed by atoms with Gasteiger partial charge in [-0.25, -0.2) is 4.98 Å². The summed E-state index contributed by atoms with van der Waals surface area (Å²) < 4.78 is 5.24. The first-order valence-corrected chi connectivity index (χ1v) is 7.55. The number of carbonyl (C=O) groups excluding carboxylic acids is 1. The number of pyridine rings is 1. The number of rotatable bonds is 4. The van der Waals surface area contributed by atoms with Crippen LogP contribution in [0.15, 0.2) is 42.7 Å². The molecule has 3 rings (SSSR count). The molecule has 2 heterocycles. The van der Waals surface area contributed by atoms with Gasteiger partial charge in [-0.2, -0.15) is 0 Å². The minimum Gasteiger partial charge on any atom is -0.494 e. The highest BCUT2D eigenvalue weighted by Crippen LogP contribution is 2.20. The lowest BCUT2D eigenvalue weighted by Gasteiger charge is -2.18. The first-order chi connectivity index (χ1) is 11.6. The van der Waals surface area contributed by atoms with Crippen LogP contribution in [0.1, 0.15) is 21.7 Å². The molecule has 1 aromatic carbocycles. The average Bonchev–Trinajstić information content (AvgIpc) is 2.61. The zero-order valence-electron chi connectivity index (χ0n) is 13.9. The molecule has 24 heavy (non-hydrogen) atoms. The van der Waals surface area contributed by atoms with Crippen LogP contribution in [0.5, 0.6) is 5.75 Å². The maximum Gasteiger partial charge on any atom is 0.257 e. The van der Waals surface area contributed by atoms with Crippen molar-refractivity contribution in [3.8, 4) is 5.75 Å². The second-order valence-corrected chi connectivity index (χ2v) is 5.54. The maximum atomic E-state index is 12.7. The summed E-state index contributed by atoms with van der Waals surface area (Å²) in [6.07, 6.45) is 3.26. The van der Waals surface area contributed by atoms with Crippen molar-refractivity contribution in [1.82, 2.24) is 19.9 Å². The van der Waals surface area contributed by atoms with Crippen LogP contribution in [0, 0.1) is 6.92 Å². The molecule has 122 valence electrons. The molecule has 0 N–H and O–H groups in total. The van der Waals surface area contributed by atoms with Crippen LogP contribution in [-0.2, 0) is 6.54 Å². The van der Waals surface area contributed by atoms with Crippen molar-refractivity contribution in [3.05, 3.63) is 59.7 Å². The summed E-state index contributed by atoms with van der Waals surface area (Å²) in [5.74, 6) is 0.314. The Bertz CT molecular complexity index is 895. The van der Waals surface area contributed by atoms with Gasteiger partial charge in [0.25, 0.3) is 5.91 Å². The third-order valence-electron chi connectivity index (χ3n) is 3.70. The van der Waals surface area contributed by atoms with E-state index in [1.54, 1.807) is 30.4 Å². The van der Waals surface area contributed by atoms with E-state index in [1.165, 1.54) is 7.11 Å². The fourth-order valence-electron chi connectivity index (χ4n) is 2.47. The number of aromatic nitrogens is 3. The Balaban J connectivity index is 1.84. The van der Waals surface area contributed by atoms with Crippen LogP contribution in [-0.4, -0.2) is 39.9 Å². The lowest BCUT2D eigenvalue weighted by molar-refractivity contribution is 0.0779. The van der Waals surface area contributed by atoms with E-state index in [0.717, 1.165) is 22.4 Å². The molecule has 0 saturated carbocycles. The number of carbonyl (C=O) groups is 1. The fourth-order valence-corrected chi connectivity index (χ4v) is 2.47. The van der Waals surface area contributed by atoms with E-state index in [0.29, 0.717) is 17.9 Å². The molecule has 0 radical (unpaired) electrons. The number of amides is 1. The zero-order chi connectivity index (χ0) is 17.1. The predicted octanol–water partition coefficient (Wildman–Crippen LogP) is 2.61. The molecule has 6 heteroatoms. The normalized spacial score (nSPS) is 10.6. The van der Waals surface area contributed by atoms with E-state index in [9.17, 15) is 4.79 Å². The minimum atomic E-state index is -0.146. The van der Waals surface area contributed by atoms with Gasteiger partial charge in [-0.05, 0) is 25.1 Å². The molecule has 0 fully saturated rings. The van der Waals surface area contributed by atoms with Gasteiger partial charge in [0, 0.05) is 12.7 Å². The largest absolute Gasteiger partial charge is 0.494 e. The minimum absolute atomic E-state index is 0.146. The van der Waals surface area contributed by atoms with Gasteiger partial charge in [-0.15, -0.1) is 0 Å². The van der Waals surface area contributed by atoms with Crippen molar-refractivity contribution in [2.45, 2.75) is 13.5 Å². The summed E-state index contributed by atoms with van der Waals surface area (Å²) in [5, 5.41) is 0. The molecule has 0 aliphatic heterocycles. The van der Waals surface area contributed by atoms with Gasteiger partial charge in [-0.3, -0.25) is 14.8 Å². The SMILES string of the molecule is COc1cnc(C)cc1C(=O)N(C)Cc1cnc2ccccc2n1. The third-order valence-corrected chi connectivity index (χ3v) is 3.70. The van der Waals surface area contributed by atoms with Crippen LogP contribution < -0.4 is 4.74 Å². The molecule has 0 bridgehead atoms. The van der Waals surface area contributed by atoms with Gasteiger partial charge in [-0.1, -0.05) is 12.1 Å². The van der Waals surface area contributed by atoms with E-state index in [4.69, 9.17) is 4.74 Å². The summed E-state index contributed by atoms with van der Waals surface area (Å²) >= 11 is 0. The molecular formula is C18H18N4O2. The van der Waals surface area contributed by atoms with Crippen molar-refractivity contribution in [3.63, 3.8) is 0 Å². The lowest BCUT2D eigenvalue weighted by atomic mass is 10.2. The average molecular weight is 322 g/mol. The van der Waals surface area contributed by atoms with Crippen molar-refractivity contribution in [2.24, 2.45) is 0 Å². The number of hydrogen-bond acceptors (Lipinski definition) is 5. The number of para-hydroxylation sites is 2. The number of ether oxygens (including phenoxy) is 1. The second-order valence-electron chi connectivity index (χ2n) is 5.54. The molecule has 0 aliphatic rings. The molecule has 0 saturated heterocycles. The molecule has 3 aromatic rings. The Morgan fingerprint density at radius 3 is 2.67 bits per heavy atom. The van der Waals surface area contributed by atoms with E-state index in [2.05, 4.69) is 15.0 Å². The number of aryl methyl sites for hydroxylation is 1. The van der Waals surface area contributed by atoms with Gasteiger partial charge >= 0.3 is 0 Å². The Morgan fingerprint density at radius 2 is 1.92 bits per heavy atom. The smallest absolute Gasteiger partial charge is 0.257 e. The highest BCUT2D eigenvalue weighted by molar-refractivity contribution is 5.96. The predicted molar refractivity (Wildman–Crippen MR) is 90.9 cm³/mol. The molecule has 1 amide bonds. The van der Waals surface area contributed by atoms with Crippen molar-refractivity contribution in [2.75, 3.05) is 14.2 Å². The van der Waals surface area contributed by atoms with Crippen LogP contribution >= 0.6 is 0 Å². The van der Waals surface area contributed by atoms with Gasteiger partial charge in [0.15, 0.2) is 0 Å². The van der Waals surface area contributed by atoms with Crippen LogP contribution in [0.4, 0.5) is 0 Å². The summed E-state index contributed by atoms with van der Waals surface area (Å²) in [7, 11) is 3.26. The Hall–Kier alpha value is -3.02. The van der Waals surface area contributed by atoms with E-state index >= 15 is 0 Å². The van der Waals surface area contributed by atoms with Gasteiger partial charge < -0.3 is 9.64 Å². The number of fused-ring (bicyclic) bond motifs is 1. The van der Waals surface area contributed by atoms with Crippen molar-refractivity contribution >= 4 is 16.9 Å². The summed E-state index contributed by atoms with van der Waals surface area (Å²) in [4.78, 5) is 27.4.